The minimum atomic E-state index is 0.247. The van der Waals surface area contributed by atoms with Gasteiger partial charge in [0, 0.05) is 32.8 Å². The summed E-state index contributed by atoms with van der Waals surface area (Å²) in [6, 6.07) is 15.4. The Bertz CT molecular complexity index is 777. The average molecular weight is 329 g/mol. The molecule has 3 nitrogen and oxygen atoms in total. The number of aromatic nitrogens is 1. The Morgan fingerprint density at radius 2 is 2.00 bits per heavy atom. The van der Waals surface area contributed by atoms with Crippen molar-refractivity contribution in [1.82, 2.24) is 4.98 Å². The van der Waals surface area contributed by atoms with Gasteiger partial charge in [-0.15, -0.1) is 0 Å². The van der Waals surface area contributed by atoms with Crippen LogP contribution in [0.4, 0.5) is 0 Å². The van der Waals surface area contributed by atoms with E-state index < -0.39 is 0 Å². The highest BCUT2D eigenvalue weighted by Crippen LogP contribution is 2.21. The topological polar surface area (TPSA) is 48.4 Å². The predicted molar refractivity (Wildman–Crippen MR) is 85.4 cm³/mol. The molecule has 2 N–H and O–H groups in total. The maximum absolute atomic E-state index is 9.65. The lowest BCUT2D eigenvalue weighted by atomic mass is 10.2. The van der Waals surface area contributed by atoms with Gasteiger partial charge >= 0.3 is 0 Å². The number of halogens is 1. The molecule has 0 amide bonds. The van der Waals surface area contributed by atoms with Crippen LogP contribution in [0.25, 0.3) is 10.9 Å². The summed E-state index contributed by atoms with van der Waals surface area (Å²) < 4.78 is 1.06. The van der Waals surface area contributed by atoms with Gasteiger partial charge < -0.3 is 10.1 Å². The lowest BCUT2D eigenvalue weighted by Gasteiger charge is -1.96. The number of nitrogens with one attached hydrogen (secondary N) is 1. The van der Waals surface area contributed by atoms with Crippen molar-refractivity contribution in [3.8, 4) is 5.75 Å². The Kier molecular flexibility index (Phi) is 3.56. The van der Waals surface area contributed by atoms with E-state index in [9.17, 15) is 5.11 Å². The van der Waals surface area contributed by atoms with Gasteiger partial charge in [-0.05, 0) is 36.4 Å². The molecule has 0 aliphatic carbocycles. The fourth-order valence-corrected chi connectivity index (χ4v) is 2.47. The van der Waals surface area contributed by atoms with E-state index >= 15 is 0 Å². The fraction of sp³-hybridized carbons (Fsp3) is 0.0625. The number of phenols is 1. The van der Waals surface area contributed by atoms with Gasteiger partial charge in [0.25, 0.3) is 0 Å². The normalized spacial score (nSPS) is 11.4. The SMILES string of the molecule is Oc1ccccc1/C=N/Cc1cc2cc(Br)ccc2[nH]1. The zero-order valence-corrected chi connectivity index (χ0v) is 12.3. The van der Waals surface area contributed by atoms with Crippen molar-refractivity contribution in [3.05, 3.63) is 64.3 Å². The number of aliphatic imine (C=N–C) groups is 1. The molecule has 0 saturated carbocycles. The Balaban J connectivity index is 1.78. The van der Waals surface area contributed by atoms with Crippen LogP contribution in [-0.4, -0.2) is 16.3 Å². The molecule has 0 spiro atoms. The fourth-order valence-electron chi connectivity index (χ4n) is 2.09. The molecule has 0 aliphatic rings. The molecular weight excluding hydrogens is 316 g/mol. The summed E-state index contributed by atoms with van der Waals surface area (Å²) in [6.07, 6.45) is 1.69. The van der Waals surface area contributed by atoms with Gasteiger partial charge in [-0.3, -0.25) is 4.99 Å². The maximum atomic E-state index is 9.65. The monoisotopic (exact) mass is 328 g/mol. The summed E-state index contributed by atoms with van der Waals surface area (Å²) in [5.74, 6) is 0.247. The quantitative estimate of drug-likeness (QED) is 0.693. The van der Waals surface area contributed by atoms with Crippen LogP contribution in [-0.2, 0) is 6.54 Å². The van der Waals surface area contributed by atoms with E-state index in [0.29, 0.717) is 6.54 Å². The molecule has 0 aliphatic heterocycles. The minimum absolute atomic E-state index is 0.247. The second kappa shape index (κ2) is 5.51. The molecule has 0 atom stereocenters. The van der Waals surface area contributed by atoms with Gasteiger partial charge in [0.1, 0.15) is 5.75 Å². The smallest absolute Gasteiger partial charge is 0.124 e. The van der Waals surface area contributed by atoms with Crippen LogP contribution in [0.1, 0.15) is 11.3 Å². The third kappa shape index (κ3) is 2.75. The zero-order valence-electron chi connectivity index (χ0n) is 10.7. The highest BCUT2D eigenvalue weighted by Gasteiger charge is 2.00. The number of nitrogens with zero attached hydrogens (tertiary/aromatic N) is 1. The molecule has 0 unspecified atom stereocenters. The molecular formula is C16H13BrN2O. The number of hydrogen-bond acceptors (Lipinski definition) is 2. The van der Waals surface area contributed by atoms with Crippen molar-refractivity contribution < 1.29 is 5.11 Å². The number of aromatic hydroxyl groups is 1. The average Bonchev–Trinajstić information content (AvgIpc) is 2.83. The summed E-state index contributed by atoms with van der Waals surface area (Å²) in [5, 5.41) is 10.8. The highest BCUT2D eigenvalue weighted by molar-refractivity contribution is 9.10. The largest absolute Gasteiger partial charge is 0.507 e. The van der Waals surface area contributed by atoms with Crippen LogP contribution in [0.15, 0.2) is 58.0 Å². The minimum Gasteiger partial charge on any atom is -0.507 e. The van der Waals surface area contributed by atoms with Crippen molar-refractivity contribution in [2.45, 2.75) is 6.54 Å². The van der Waals surface area contributed by atoms with Crippen molar-refractivity contribution in [2.24, 2.45) is 4.99 Å². The molecule has 0 saturated heterocycles. The predicted octanol–water partition coefficient (Wildman–Crippen LogP) is 4.26. The van der Waals surface area contributed by atoms with Gasteiger partial charge in [-0.2, -0.15) is 0 Å². The number of hydrogen-bond donors (Lipinski definition) is 2. The van der Waals surface area contributed by atoms with Crippen molar-refractivity contribution >= 4 is 33.0 Å². The van der Waals surface area contributed by atoms with E-state index in [0.717, 1.165) is 26.6 Å². The molecule has 20 heavy (non-hydrogen) atoms. The first-order valence-electron chi connectivity index (χ1n) is 6.27. The van der Waals surface area contributed by atoms with E-state index in [1.54, 1.807) is 18.3 Å². The molecule has 2 aromatic carbocycles. The number of benzene rings is 2. The molecule has 1 aromatic heterocycles. The van der Waals surface area contributed by atoms with Crippen LogP contribution in [0.5, 0.6) is 5.75 Å². The van der Waals surface area contributed by atoms with Gasteiger partial charge in [0.15, 0.2) is 0 Å². The van der Waals surface area contributed by atoms with E-state index in [1.165, 1.54) is 0 Å². The van der Waals surface area contributed by atoms with Crippen molar-refractivity contribution in [2.75, 3.05) is 0 Å². The summed E-state index contributed by atoms with van der Waals surface area (Å²) >= 11 is 3.46. The van der Waals surface area contributed by atoms with Crippen LogP contribution in [0.3, 0.4) is 0 Å². The van der Waals surface area contributed by atoms with Gasteiger partial charge in [-0.1, -0.05) is 28.1 Å². The third-order valence-corrected chi connectivity index (χ3v) is 3.56. The lowest BCUT2D eigenvalue weighted by molar-refractivity contribution is 0.474. The summed E-state index contributed by atoms with van der Waals surface area (Å²) in [7, 11) is 0. The Morgan fingerprint density at radius 3 is 2.85 bits per heavy atom. The van der Waals surface area contributed by atoms with Gasteiger partial charge in [0.05, 0.1) is 6.54 Å². The second-order valence-corrected chi connectivity index (χ2v) is 5.47. The Hall–Kier alpha value is -2.07. The van der Waals surface area contributed by atoms with E-state index in [-0.39, 0.29) is 5.75 Å². The molecule has 3 aromatic rings. The summed E-state index contributed by atoms with van der Waals surface area (Å²) in [4.78, 5) is 7.69. The molecule has 100 valence electrons. The first-order chi connectivity index (χ1) is 9.72. The molecule has 4 heteroatoms. The molecule has 1 heterocycles. The van der Waals surface area contributed by atoms with Crippen LogP contribution in [0, 0.1) is 0 Å². The summed E-state index contributed by atoms with van der Waals surface area (Å²) in [5.41, 5.74) is 2.87. The Morgan fingerprint density at radius 1 is 1.15 bits per heavy atom. The van der Waals surface area contributed by atoms with E-state index in [1.807, 2.05) is 24.3 Å². The van der Waals surface area contributed by atoms with Gasteiger partial charge in [0.2, 0.25) is 0 Å². The second-order valence-electron chi connectivity index (χ2n) is 4.55. The van der Waals surface area contributed by atoms with Crippen molar-refractivity contribution in [3.63, 3.8) is 0 Å². The number of para-hydroxylation sites is 1. The lowest BCUT2D eigenvalue weighted by Crippen LogP contribution is -1.85. The molecule has 0 bridgehead atoms. The summed E-state index contributed by atoms with van der Waals surface area (Å²) in [6.45, 7) is 0.556. The van der Waals surface area contributed by atoms with Crippen molar-refractivity contribution in [1.29, 1.82) is 0 Å². The highest BCUT2D eigenvalue weighted by atomic mass is 79.9. The number of H-pyrrole nitrogens is 1. The first kappa shape index (κ1) is 12.9. The van der Waals surface area contributed by atoms with Crippen LogP contribution in [0.2, 0.25) is 0 Å². The number of rotatable bonds is 3. The Labute approximate surface area is 125 Å². The number of fused-ring (bicyclic) bond motifs is 1. The van der Waals surface area contributed by atoms with E-state index in [4.69, 9.17) is 0 Å². The first-order valence-corrected chi connectivity index (χ1v) is 7.06. The maximum Gasteiger partial charge on any atom is 0.124 e. The molecule has 0 fully saturated rings. The third-order valence-electron chi connectivity index (χ3n) is 3.07. The van der Waals surface area contributed by atoms with E-state index in [2.05, 4.69) is 38.0 Å². The van der Waals surface area contributed by atoms with Crippen LogP contribution < -0.4 is 0 Å². The number of phenolic OH excluding ortho intramolecular Hbond substituents is 1. The number of aromatic amines is 1. The van der Waals surface area contributed by atoms with Crippen LogP contribution >= 0.6 is 15.9 Å². The molecule has 3 rings (SSSR count). The standard InChI is InChI=1S/C16H13BrN2O/c17-13-5-6-15-12(7-13)8-14(19-15)10-18-9-11-3-1-2-4-16(11)20/h1-9,19-20H,10H2/b18-9+. The van der Waals surface area contributed by atoms with Gasteiger partial charge in [-0.25, -0.2) is 0 Å². The zero-order chi connectivity index (χ0) is 13.9. The molecule has 0 radical (unpaired) electrons.